The molecule has 1 N–H and O–H groups in total. The van der Waals surface area contributed by atoms with E-state index in [0.717, 1.165) is 0 Å². The van der Waals surface area contributed by atoms with Gasteiger partial charge < -0.3 is 5.32 Å². The summed E-state index contributed by atoms with van der Waals surface area (Å²) in [7, 11) is 0. The Kier molecular flexibility index (Phi) is 8.23. The molecule has 2 nitrogen and oxygen atoms in total. The first-order valence-electron chi connectivity index (χ1n) is 7.15. The van der Waals surface area contributed by atoms with Crippen molar-refractivity contribution in [1.29, 1.82) is 0 Å². The number of carbonyl (C=O) groups is 1. The van der Waals surface area contributed by atoms with Gasteiger partial charge in [0.2, 0.25) is 5.91 Å². The minimum absolute atomic E-state index is 0.271. The molecule has 0 saturated heterocycles. The van der Waals surface area contributed by atoms with Crippen molar-refractivity contribution in [2.75, 3.05) is 0 Å². The van der Waals surface area contributed by atoms with Gasteiger partial charge in [0.15, 0.2) is 0 Å². The Bertz CT molecular complexity index is 214. The predicted octanol–water partition coefficient (Wildman–Crippen LogP) is 4.21. The van der Waals surface area contributed by atoms with Gasteiger partial charge in [0, 0.05) is 16.4 Å². The SMILES string of the molecule is CCCCCC(I)CC(=O)NC1CCCCC1. The predicted molar refractivity (Wildman–Crippen MR) is 81.6 cm³/mol. The number of amides is 1. The first kappa shape index (κ1) is 15.3. The van der Waals surface area contributed by atoms with E-state index in [4.69, 9.17) is 0 Å². The van der Waals surface area contributed by atoms with Crippen molar-refractivity contribution in [1.82, 2.24) is 5.32 Å². The first-order valence-corrected chi connectivity index (χ1v) is 8.40. The van der Waals surface area contributed by atoms with Crippen LogP contribution in [0.25, 0.3) is 0 Å². The van der Waals surface area contributed by atoms with Crippen molar-refractivity contribution in [2.45, 2.75) is 81.1 Å². The van der Waals surface area contributed by atoms with Crippen LogP contribution in [0.1, 0.15) is 71.1 Å². The topological polar surface area (TPSA) is 29.1 Å². The molecule has 0 heterocycles. The lowest BCUT2D eigenvalue weighted by atomic mass is 9.95. The molecule has 1 atom stereocenters. The molecule has 3 heteroatoms. The van der Waals surface area contributed by atoms with Gasteiger partial charge in [-0.3, -0.25) is 4.79 Å². The van der Waals surface area contributed by atoms with E-state index in [9.17, 15) is 4.79 Å². The van der Waals surface area contributed by atoms with Crippen molar-refractivity contribution < 1.29 is 4.79 Å². The van der Waals surface area contributed by atoms with Crippen LogP contribution in [0.3, 0.4) is 0 Å². The van der Waals surface area contributed by atoms with E-state index in [1.165, 1.54) is 57.8 Å². The fraction of sp³-hybridized carbons (Fsp3) is 0.929. The molecule has 100 valence electrons. The number of alkyl halides is 1. The van der Waals surface area contributed by atoms with Crippen LogP contribution < -0.4 is 5.32 Å². The summed E-state index contributed by atoms with van der Waals surface area (Å²) in [5.41, 5.74) is 0. The fourth-order valence-corrected chi connectivity index (χ4v) is 3.29. The lowest BCUT2D eigenvalue weighted by Crippen LogP contribution is -2.37. The fourth-order valence-electron chi connectivity index (χ4n) is 2.45. The van der Waals surface area contributed by atoms with Gasteiger partial charge in [-0.05, 0) is 19.3 Å². The van der Waals surface area contributed by atoms with Crippen LogP contribution in [-0.4, -0.2) is 15.9 Å². The number of hydrogen-bond donors (Lipinski definition) is 1. The largest absolute Gasteiger partial charge is 0.353 e. The van der Waals surface area contributed by atoms with Crippen LogP contribution >= 0.6 is 22.6 Å². The van der Waals surface area contributed by atoms with Crippen LogP contribution in [0.4, 0.5) is 0 Å². The number of rotatable bonds is 7. The van der Waals surface area contributed by atoms with Crippen molar-refractivity contribution in [3.05, 3.63) is 0 Å². The highest BCUT2D eigenvalue weighted by molar-refractivity contribution is 14.1. The van der Waals surface area contributed by atoms with Gasteiger partial charge >= 0.3 is 0 Å². The van der Waals surface area contributed by atoms with Crippen LogP contribution in [-0.2, 0) is 4.79 Å². The maximum atomic E-state index is 11.8. The summed E-state index contributed by atoms with van der Waals surface area (Å²) >= 11 is 2.43. The number of hydrogen-bond acceptors (Lipinski definition) is 1. The normalized spacial score (nSPS) is 18.9. The summed E-state index contributed by atoms with van der Waals surface area (Å²) in [4.78, 5) is 11.8. The van der Waals surface area contributed by atoms with E-state index in [0.29, 0.717) is 16.4 Å². The van der Waals surface area contributed by atoms with E-state index < -0.39 is 0 Å². The lowest BCUT2D eigenvalue weighted by Gasteiger charge is -2.23. The van der Waals surface area contributed by atoms with Gasteiger partial charge in [0.05, 0.1) is 0 Å². The van der Waals surface area contributed by atoms with Gasteiger partial charge in [0.25, 0.3) is 0 Å². The monoisotopic (exact) mass is 351 g/mol. The molecule has 1 amide bonds. The second-order valence-corrected chi connectivity index (χ2v) is 6.96. The third kappa shape index (κ3) is 7.27. The highest BCUT2D eigenvalue weighted by Gasteiger charge is 2.17. The maximum absolute atomic E-state index is 11.8. The van der Waals surface area contributed by atoms with E-state index in [2.05, 4.69) is 34.8 Å². The molecular formula is C14H26INO. The van der Waals surface area contributed by atoms with Crippen LogP contribution in [0, 0.1) is 0 Å². The summed E-state index contributed by atoms with van der Waals surface area (Å²) in [5.74, 6) is 0.271. The standard InChI is InChI=1S/C14H26INO/c1-2-3-5-8-12(15)11-14(17)16-13-9-6-4-7-10-13/h12-13H,2-11H2,1H3,(H,16,17). The lowest BCUT2D eigenvalue weighted by molar-refractivity contribution is -0.121. The zero-order valence-corrected chi connectivity index (χ0v) is 13.2. The smallest absolute Gasteiger partial charge is 0.221 e. The molecule has 1 unspecified atom stereocenters. The third-order valence-corrected chi connectivity index (χ3v) is 4.56. The van der Waals surface area contributed by atoms with Crippen LogP contribution in [0.5, 0.6) is 0 Å². The average molecular weight is 351 g/mol. The molecule has 17 heavy (non-hydrogen) atoms. The van der Waals surface area contributed by atoms with E-state index in [1.54, 1.807) is 0 Å². The minimum atomic E-state index is 0.271. The van der Waals surface area contributed by atoms with E-state index >= 15 is 0 Å². The molecule has 0 bridgehead atoms. The quantitative estimate of drug-likeness (QED) is 0.416. The third-order valence-electron chi connectivity index (χ3n) is 3.50. The zero-order valence-electron chi connectivity index (χ0n) is 11.0. The Balaban J connectivity index is 2.10. The second kappa shape index (κ2) is 9.17. The summed E-state index contributed by atoms with van der Waals surface area (Å²) < 4.78 is 0.516. The maximum Gasteiger partial charge on any atom is 0.221 e. The molecule has 0 aromatic rings. The van der Waals surface area contributed by atoms with Gasteiger partial charge in [0.1, 0.15) is 0 Å². The summed E-state index contributed by atoms with van der Waals surface area (Å²) in [5, 5.41) is 3.20. The van der Waals surface area contributed by atoms with Crippen molar-refractivity contribution in [2.24, 2.45) is 0 Å². The van der Waals surface area contributed by atoms with Crippen molar-refractivity contribution >= 4 is 28.5 Å². The molecular weight excluding hydrogens is 325 g/mol. The molecule has 0 aromatic heterocycles. The molecule has 1 rings (SSSR count). The molecule has 1 aliphatic carbocycles. The Morgan fingerprint density at radius 2 is 2.00 bits per heavy atom. The highest BCUT2D eigenvalue weighted by atomic mass is 127. The Morgan fingerprint density at radius 3 is 2.65 bits per heavy atom. The zero-order chi connectivity index (χ0) is 12.5. The number of carbonyl (C=O) groups excluding carboxylic acids is 1. The van der Waals surface area contributed by atoms with Gasteiger partial charge in [-0.15, -0.1) is 0 Å². The number of nitrogens with one attached hydrogen (secondary N) is 1. The first-order chi connectivity index (χ1) is 8.22. The Hall–Kier alpha value is 0.200. The average Bonchev–Trinajstić information content (AvgIpc) is 2.30. The van der Waals surface area contributed by atoms with Crippen LogP contribution in [0.15, 0.2) is 0 Å². The van der Waals surface area contributed by atoms with Crippen molar-refractivity contribution in [3.63, 3.8) is 0 Å². The second-order valence-electron chi connectivity index (χ2n) is 5.20. The summed E-state index contributed by atoms with van der Waals surface area (Å²) in [6.45, 7) is 2.22. The molecule has 0 aliphatic heterocycles. The molecule has 1 fully saturated rings. The minimum Gasteiger partial charge on any atom is -0.353 e. The number of unbranched alkanes of at least 4 members (excludes halogenated alkanes) is 2. The molecule has 0 radical (unpaired) electrons. The Labute approximate surface area is 119 Å². The van der Waals surface area contributed by atoms with Gasteiger partial charge in [-0.1, -0.05) is 68.0 Å². The highest BCUT2D eigenvalue weighted by Crippen LogP contribution is 2.19. The van der Waals surface area contributed by atoms with Gasteiger partial charge in [-0.2, -0.15) is 0 Å². The van der Waals surface area contributed by atoms with E-state index in [1.807, 2.05) is 0 Å². The molecule has 1 aliphatic rings. The summed E-state index contributed by atoms with van der Waals surface area (Å²) in [6.07, 6.45) is 12.0. The van der Waals surface area contributed by atoms with Crippen molar-refractivity contribution in [3.8, 4) is 0 Å². The Morgan fingerprint density at radius 1 is 1.29 bits per heavy atom. The molecule has 0 aromatic carbocycles. The number of halogens is 1. The summed E-state index contributed by atoms with van der Waals surface area (Å²) in [6, 6.07) is 0.468. The van der Waals surface area contributed by atoms with Gasteiger partial charge in [-0.25, -0.2) is 0 Å². The molecule has 0 spiro atoms. The van der Waals surface area contributed by atoms with E-state index in [-0.39, 0.29) is 5.91 Å². The van der Waals surface area contributed by atoms with Crippen LogP contribution in [0.2, 0.25) is 0 Å². The molecule has 1 saturated carbocycles.